The van der Waals surface area contributed by atoms with Crippen LogP contribution < -0.4 is 10.6 Å². The Bertz CT molecular complexity index is 614. The van der Waals surface area contributed by atoms with E-state index in [4.69, 9.17) is 9.90 Å². The Morgan fingerprint density at radius 3 is 2.62 bits per heavy atom. The third kappa shape index (κ3) is 5.61. The zero-order valence-electron chi connectivity index (χ0n) is 14.1. The van der Waals surface area contributed by atoms with Crippen LogP contribution in [0.4, 0.5) is 18.0 Å². The molecular weight excluding hydrogens is 355 g/mol. The number of halogens is 3. The van der Waals surface area contributed by atoms with Gasteiger partial charge in [0, 0.05) is 38.9 Å². The van der Waals surface area contributed by atoms with E-state index in [0.717, 1.165) is 45.4 Å². The first-order valence-electron chi connectivity index (χ1n) is 8.35. The molecular formula is C15H22F3N5O3. The van der Waals surface area contributed by atoms with Gasteiger partial charge in [-0.15, -0.1) is 0 Å². The van der Waals surface area contributed by atoms with E-state index in [9.17, 15) is 18.0 Å². The molecule has 2 amide bonds. The highest BCUT2D eigenvalue weighted by atomic mass is 19.4. The highest BCUT2D eigenvalue weighted by Gasteiger charge is 2.38. The monoisotopic (exact) mass is 377 g/mol. The number of nitrogens with zero attached hydrogens (tertiary/aromatic N) is 3. The Hall–Kier alpha value is -2.30. The summed E-state index contributed by atoms with van der Waals surface area (Å²) >= 11 is 0. The van der Waals surface area contributed by atoms with Crippen LogP contribution >= 0.6 is 0 Å². The van der Waals surface area contributed by atoms with Gasteiger partial charge in [0.15, 0.2) is 0 Å². The average Bonchev–Trinajstić information content (AvgIpc) is 3.26. The Morgan fingerprint density at radius 2 is 2.00 bits per heavy atom. The Balaban J connectivity index is 0.000000298. The lowest BCUT2D eigenvalue weighted by Crippen LogP contribution is -2.40. The van der Waals surface area contributed by atoms with Gasteiger partial charge in [0.1, 0.15) is 0 Å². The van der Waals surface area contributed by atoms with Crippen LogP contribution in [0.2, 0.25) is 0 Å². The molecule has 1 aromatic heterocycles. The zero-order chi connectivity index (χ0) is 19.2. The maximum atomic E-state index is 11.9. The first kappa shape index (κ1) is 20.0. The predicted molar refractivity (Wildman–Crippen MR) is 85.5 cm³/mol. The number of urea groups is 1. The number of carbonyl (C=O) groups excluding carboxylic acids is 1. The molecule has 1 saturated heterocycles. The summed E-state index contributed by atoms with van der Waals surface area (Å²) in [6.45, 7) is 4.33. The van der Waals surface area contributed by atoms with Gasteiger partial charge in [-0.25, -0.2) is 9.59 Å². The molecule has 2 aliphatic heterocycles. The van der Waals surface area contributed by atoms with Gasteiger partial charge in [-0.1, -0.05) is 0 Å². The lowest BCUT2D eigenvalue weighted by Gasteiger charge is -2.26. The van der Waals surface area contributed by atoms with E-state index in [1.165, 1.54) is 5.69 Å². The van der Waals surface area contributed by atoms with Crippen molar-refractivity contribution in [3.8, 4) is 0 Å². The fourth-order valence-electron chi connectivity index (χ4n) is 2.87. The highest BCUT2D eigenvalue weighted by molar-refractivity contribution is 5.74. The number of carboxylic acid groups (broad SMARTS) is 1. The largest absolute Gasteiger partial charge is 0.490 e. The molecule has 1 fully saturated rings. The number of nitrogens with one attached hydrogen (secondary N) is 2. The van der Waals surface area contributed by atoms with Crippen LogP contribution in [0.5, 0.6) is 0 Å². The normalized spacial score (nSPS) is 19.3. The van der Waals surface area contributed by atoms with Gasteiger partial charge in [-0.2, -0.15) is 18.3 Å². The fraction of sp³-hybridized carbons (Fsp3) is 0.667. The minimum absolute atomic E-state index is 0.0851. The minimum Gasteiger partial charge on any atom is -0.475 e. The molecule has 11 heteroatoms. The molecule has 1 atom stereocenters. The van der Waals surface area contributed by atoms with E-state index in [2.05, 4.69) is 20.4 Å². The van der Waals surface area contributed by atoms with Crippen molar-refractivity contribution in [2.45, 2.75) is 38.0 Å². The van der Waals surface area contributed by atoms with Crippen LogP contribution in [0.3, 0.4) is 0 Å². The van der Waals surface area contributed by atoms with Crippen molar-refractivity contribution in [1.82, 2.24) is 25.3 Å². The summed E-state index contributed by atoms with van der Waals surface area (Å²) in [6.07, 6.45) is -0.0490. The van der Waals surface area contributed by atoms with Gasteiger partial charge in [-0.05, 0) is 25.3 Å². The maximum absolute atomic E-state index is 11.9. The fourth-order valence-corrected chi connectivity index (χ4v) is 2.87. The average molecular weight is 377 g/mol. The van der Waals surface area contributed by atoms with Gasteiger partial charge in [-0.3, -0.25) is 4.68 Å². The van der Waals surface area contributed by atoms with Crippen molar-refractivity contribution in [3.63, 3.8) is 0 Å². The molecule has 0 saturated carbocycles. The zero-order valence-corrected chi connectivity index (χ0v) is 14.1. The number of carboxylic acids is 1. The molecule has 26 heavy (non-hydrogen) atoms. The Morgan fingerprint density at radius 1 is 1.35 bits per heavy atom. The number of alkyl halides is 3. The summed E-state index contributed by atoms with van der Waals surface area (Å²) in [6, 6.07) is 2.47. The number of aliphatic carboxylic acids is 1. The molecule has 1 unspecified atom stereocenters. The van der Waals surface area contributed by atoms with E-state index in [1.54, 1.807) is 0 Å². The Kier molecular flexibility index (Phi) is 6.83. The van der Waals surface area contributed by atoms with Crippen molar-refractivity contribution in [3.05, 3.63) is 18.0 Å². The molecule has 8 nitrogen and oxygen atoms in total. The molecule has 2 aliphatic rings. The van der Waals surface area contributed by atoms with Gasteiger partial charge in [0.2, 0.25) is 0 Å². The van der Waals surface area contributed by atoms with Crippen molar-refractivity contribution in [1.29, 1.82) is 0 Å². The van der Waals surface area contributed by atoms with Crippen LogP contribution in [0.25, 0.3) is 0 Å². The molecule has 0 aliphatic carbocycles. The second-order valence-electron chi connectivity index (χ2n) is 6.07. The van der Waals surface area contributed by atoms with E-state index in [1.807, 2.05) is 17.2 Å². The molecule has 3 rings (SSSR count). The number of carbonyl (C=O) groups is 2. The molecule has 146 valence electrons. The number of fused-ring (bicyclic) bond motifs is 1. The smallest absolute Gasteiger partial charge is 0.475 e. The molecule has 0 bridgehead atoms. The molecule has 0 radical (unpaired) electrons. The molecule has 0 spiro atoms. The predicted octanol–water partition coefficient (Wildman–Crippen LogP) is 1.36. The second kappa shape index (κ2) is 8.88. The van der Waals surface area contributed by atoms with E-state index in [0.29, 0.717) is 12.6 Å². The lowest BCUT2D eigenvalue weighted by molar-refractivity contribution is -0.192. The Labute approximate surface area is 148 Å². The number of hydrogen-bond donors (Lipinski definition) is 3. The topological polar surface area (TPSA) is 99.5 Å². The summed E-state index contributed by atoms with van der Waals surface area (Å²) in [5, 5.41) is 17.9. The van der Waals surface area contributed by atoms with Crippen LogP contribution in [-0.4, -0.2) is 64.1 Å². The minimum atomic E-state index is -5.08. The molecule has 0 aromatic carbocycles. The summed E-state index contributed by atoms with van der Waals surface area (Å²) in [7, 11) is 0. The highest BCUT2D eigenvalue weighted by Crippen LogP contribution is 2.16. The van der Waals surface area contributed by atoms with E-state index in [-0.39, 0.29) is 6.03 Å². The van der Waals surface area contributed by atoms with Gasteiger partial charge in [0.25, 0.3) is 0 Å². The quantitative estimate of drug-likeness (QED) is 0.739. The third-order valence-corrected chi connectivity index (χ3v) is 4.17. The summed E-state index contributed by atoms with van der Waals surface area (Å²) in [4.78, 5) is 22.7. The van der Waals surface area contributed by atoms with Crippen molar-refractivity contribution in [2.24, 2.45) is 0 Å². The number of amides is 2. The standard InChI is InChI=1S/C13H21N5O.C2HF3O2/c19-13(17-7-1-2-8-17)15-5-3-11-9-14-10-12-4-6-16-18(11)12;3-2(4,5)1(6)7/h4,6,11,14H,1-3,5,7-10H2,(H,15,19);(H,6,7). The number of hydrogen-bond acceptors (Lipinski definition) is 4. The first-order chi connectivity index (χ1) is 12.3. The van der Waals surface area contributed by atoms with Crippen LogP contribution in [0.15, 0.2) is 12.3 Å². The summed E-state index contributed by atoms with van der Waals surface area (Å²) in [5.41, 5.74) is 1.22. The van der Waals surface area contributed by atoms with Gasteiger partial charge >= 0.3 is 18.2 Å². The van der Waals surface area contributed by atoms with Gasteiger partial charge < -0.3 is 20.6 Å². The number of rotatable bonds is 3. The number of likely N-dealkylation sites (tertiary alicyclic amines) is 1. The number of aromatic nitrogens is 2. The lowest BCUT2D eigenvalue weighted by atomic mass is 10.1. The molecule has 1 aromatic rings. The second-order valence-corrected chi connectivity index (χ2v) is 6.07. The van der Waals surface area contributed by atoms with Crippen molar-refractivity contribution < 1.29 is 27.9 Å². The summed E-state index contributed by atoms with van der Waals surface area (Å²) in [5.74, 6) is -2.76. The maximum Gasteiger partial charge on any atom is 0.490 e. The van der Waals surface area contributed by atoms with Crippen LogP contribution in [0.1, 0.15) is 31.0 Å². The van der Waals surface area contributed by atoms with E-state index < -0.39 is 12.1 Å². The van der Waals surface area contributed by atoms with Gasteiger partial charge in [0.05, 0.1) is 11.7 Å². The summed E-state index contributed by atoms with van der Waals surface area (Å²) < 4.78 is 33.8. The van der Waals surface area contributed by atoms with Crippen molar-refractivity contribution >= 4 is 12.0 Å². The first-order valence-corrected chi connectivity index (χ1v) is 8.35. The van der Waals surface area contributed by atoms with E-state index >= 15 is 0 Å². The van der Waals surface area contributed by atoms with Crippen LogP contribution in [0, 0.1) is 0 Å². The SMILES string of the molecule is O=C(NCCC1CNCc2ccnn21)N1CCCC1.O=C(O)C(F)(F)F. The molecule has 3 N–H and O–H groups in total. The molecule has 3 heterocycles. The van der Waals surface area contributed by atoms with Crippen LogP contribution in [-0.2, 0) is 11.3 Å². The van der Waals surface area contributed by atoms with Crippen molar-refractivity contribution in [2.75, 3.05) is 26.2 Å². The third-order valence-electron chi connectivity index (χ3n) is 4.17.